The van der Waals surface area contributed by atoms with Gasteiger partial charge in [0.05, 0.1) is 57.8 Å². The summed E-state index contributed by atoms with van der Waals surface area (Å²) < 4.78 is 15.5. The first-order valence-corrected chi connectivity index (χ1v) is 7.07. The number of urea groups is 2. The Morgan fingerprint density at radius 1 is 0.810 bits per heavy atom. The van der Waals surface area contributed by atoms with Crippen molar-refractivity contribution in [2.45, 2.75) is 18.3 Å². The fourth-order valence-electron chi connectivity index (χ4n) is 2.39. The molecular formula is C13H17N3O5. The maximum absolute atomic E-state index is 12.5. The molecule has 4 rings (SSSR count). The van der Waals surface area contributed by atoms with Crippen LogP contribution in [0.2, 0.25) is 0 Å². The number of carbonyl (C=O) groups excluding carboxylic acids is 2. The molecule has 4 amide bonds. The third-order valence-electron chi connectivity index (χ3n) is 3.91. The molecule has 8 nitrogen and oxygen atoms in total. The second-order valence-electron chi connectivity index (χ2n) is 5.68. The number of hydrogen-bond donors (Lipinski definition) is 0. The van der Waals surface area contributed by atoms with Crippen LogP contribution in [0.25, 0.3) is 0 Å². The van der Waals surface area contributed by atoms with Gasteiger partial charge in [0.25, 0.3) is 0 Å². The van der Waals surface area contributed by atoms with Crippen LogP contribution in [0.1, 0.15) is 0 Å². The predicted molar refractivity (Wildman–Crippen MR) is 69.3 cm³/mol. The van der Waals surface area contributed by atoms with Crippen LogP contribution in [-0.2, 0) is 14.2 Å². The van der Waals surface area contributed by atoms with Crippen molar-refractivity contribution >= 4 is 12.1 Å². The van der Waals surface area contributed by atoms with E-state index in [0.717, 1.165) is 0 Å². The second-order valence-corrected chi connectivity index (χ2v) is 5.68. The summed E-state index contributed by atoms with van der Waals surface area (Å²) in [6.07, 6.45) is 0.0382. The van der Waals surface area contributed by atoms with E-state index in [0.29, 0.717) is 38.7 Å². The number of hydrogen-bond acceptors (Lipinski definition) is 5. The molecule has 3 unspecified atom stereocenters. The maximum Gasteiger partial charge on any atom is 0.333 e. The summed E-state index contributed by atoms with van der Waals surface area (Å²) >= 11 is 0. The van der Waals surface area contributed by atoms with Crippen molar-refractivity contribution in [2.75, 3.05) is 39.5 Å². The highest BCUT2D eigenvalue weighted by Gasteiger charge is 2.46. The third-order valence-corrected chi connectivity index (χ3v) is 3.91. The first kappa shape index (κ1) is 13.1. The highest BCUT2D eigenvalue weighted by molar-refractivity contribution is 5.98. The van der Waals surface area contributed by atoms with Crippen molar-refractivity contribution in [2.24, 2.45) is 0 Å². The van der Waals surface area contributed by atoms with E-state index in [1.54, 1.807) is 0 Å². The Balaban J connectivity index is 1.54. The molecule has 4 heterocycles. The molecule has 0 spiro atoms. The number of carbonyl (C=O) groups is 2. The van der Waals surface area contributed by atoms with Crippen LogP contribution >= 0.6 is 0 Å². The number of nitrogens with zero attached hydrogens (tertiary/aromatic N) is 3. The van der Waals surface area contributed by atoms with Gasteiger partial charge in [-0.2, -0.15) is 0 Å². The van der Waals surface area contributed by atoms with Crippen LogP contribution in [0.15, 0.2) is 12.4 Å². The summed E-state index contributed by atoms with van der Waals surface area (Å²) in [6.45, 7) is 6.92. The summed E-state index contributed by atoms with van der Waals surface area (Å²) in [7, 11) is 0. The SMILES string of the molecule is C=C1N(CC2CO2)C(=O)N(CC2CO2)C(=O)N1CC1CO1. The van der Waals surface area contributed by atoms with E-state index in [1.165, 1.54) is 14.7 Å². The van der Waals surface area contributed by atoms with Crippen LogP contribution in [-0.4, -0.2) is 84.5 Å². The third kappa shape index (κ3) is 2.61. The summed E-state index contributed by atoms with van der Waals surface area (Å²) in [5.74, 6) is 0.406. The van der Waals surface area contributed by atoms with Crippen LogP contribution in [0, 0.1) is 0 Å². The number of amides is 4. The Hall–Kier alpha value is -1.64. The van der Waals surface area contributed by atoms with Crippen molar-refractivity contribution in [3.8, 4) is 0 Å². The molecule has 0 N–H and O–H groups in total. The van der Waals surface area contributed by atoms with Crippen LogP contribution in [0.5, 0.6) is 0 Å². The van der Waals surface area contributed by atoms with Crippen molar-refractivity contribution < 1.29 is 23.8 Å². The molecule has 0 aromatic rings. The predicted octanol–water partition coefficient (Wildman–Crippen LogP) is -0.186. The Morgan fingerprint density at radius 3 is 1.48 bits per heavy atom. The standard InChI is InChI=1S/C13H17N3O5/c1-8-14(2-9-5-19-9)12(17)16(4-11-7-21-11)13(18)15(8)3-10-6-20-10/h9-11H,1-7H2. The molecule has 4 aliphatic heterocycles. The molecule has 0 aromatic heterocycles. The Bertz CT molecular complexity index is 409. The molecule has 0 aromatic carbocycles. The fraction of sp³-hybridized carbons (Fsp3) is 0.692. The van der Waals surface area contributed by atoms with Gasteiger partial charge in [0.1, 0.15) is 5.82 Å². The summed E-state index contributed by atoms with van der Waals surface area (Å²) in [5.41, 5.74) is 0. The lowest BCUT2D eigenvalue weighted by atomic mass is 10.3. The molecule has 114 valence electrons. The lowest BCUT2D eigenvalue weighted by Crippen LogP contribution is -2.61. The van der Waals surface area contributed by atoms with E-state index in [2.05, 4.69) is 6.58 Å². The van der Waals surface area contributed by atoms with Gasteiger partial charge in [-0.1, -0.05) is 6.58 Å². The van der Waals surface area contributed by atoms with E-state index < -0.39 is 0 Å². The average molecular weight is 295 g/mol. The molecule has 3 atom stereocenters. The van der Waals surface area contributed by atoms with E-state index in [9.17, 15) is 9.59 Å². The smallest absolute Gasteiger partial charge is 0.333 e. The second kappa shape index (κ2) is 4.69. The van der Waals surface area contributed by atoms with Gasteiger partial charge in [0, 0.05) is 0 Å². The van der Waals surface area contributed by atoms with Crippen molar-refractivity contribution in [1.82, 2.24) is 14.7 Å². The van der Waals surface area contributed by atoms with Gasteiger partial charge in [-0.15, -0.1) is 0 Å². The molecule has 8 heteroatoms. The van der Waals surface area contributed by atoms with E-state index in [-0.39, 0.29) is 36.9 Å². The van der Waals surface area contributed by atoms with Crippen LogP contribution in [0.4, 0.5) is 9.59 Å². The van der Waals surface area contributed by atoms with Crippen LogP contribution in [0.3, 0.4) is 0 Å². The molecule has 0 aliphatic carbocycles. The topological polar surface area (TPSA) is 81.5 Å². The zero-order chi connectivity index (χ0) is 14.6. The first-order chi connectivity index (χ1) is 10.1. The first-order valence-electron chi connectivity index (χ1n) is 7.07. The number of epoxide rings is 3. The Kier molecular flexibility index (Phi) is 2.91. The van der Waals surface area contributed by atoms with Crippen LogP contribution < -0.4 is 0 Å². The van der Waals surface area contributed by atoms with E-state index in [4.69, 9.17) is 14.2 Å². The monoisotopic (exact) mass is 295 g/mol. The normalized spacial score (nSPS) is 34.6. The highest BCUT2D eigenvalue weighted by atomic mass is 16.6. The number of imide groups is 1. The van der Waals surface area contributed by atoms with Crippen molar-refractivity contribution in [1.29, 1.82) is 0 Å². The quantitative estimate of drug-likeness (QED) is 0.635. The largest absolute Gasteiger partial charge is 0.371 e. The Morgan fingerprint density at radius 2 is 1.14 bits per heavy atom. The average Bonchev–Trinajstić information content (AvgIpc) is 3.31. The van der Waals surface area contributed by atoms with E-state index >= 15 is 0 Å². The zero-order valence-electron chi connectivity index (χ0n) is 11.6. The number of rotatable bonds is 6. The minimum absolute atomic E-state index is 0.0388. The number of ether oxygens (including phenoxy) is 3. The molecule has 4 fully saturated rings. The van der Waals surface area contributed by atoms with Gasteiger partial charge in [-0.3, -0.25) is 9.80 Å². The maximum atomic E-state index is 12.5. The molecule has 0 bridgehead atoms. The molecule has 21 heavy (non-hydrogen) atoms. The zero-order valence-corrected chi connectivity index (χ0v) is 11.6. The minimum Gasteiger partial charge on any atom is -0.371 e. The van der Waals surface area contributed by atoms with Crippen molar-refractivity contribution in [3.05, 3.63) is 12.4 Å². The van der Waals surface area contributed by atoms with Gasteiger partial charge in [-0.25, -0.2) is 14.5 Å². The van der Waals surface area contributed by atoms with Gasteiger partial charge >= 0.3 is 12.1 Å². The lowest BCUT2D eigenvalue weighted by molar-refractivity contribution is 0.101. The molecular weight excluding hydrogens is 278 g/mol. The summed E-state index contributed by atoms with van der Waals surface area (Å²) in [6, 6.07) is -0.687. The molecule has 4 aliphatic rings. The summed E-state index contributed by atoms with van der Waals surface area (Å²) in [4.78, 5) is 29.3. The lowest BCUT2D eigenvalue weighted by Gasteiger charge is -2.41. The van der Waals surface area contributed by atoms with Gasteiger partial charge in [0.2, 0.25) is 0 Å². The Labute approximate surface area is 121 Å². The highest BCUT2D eigenvalue weighted by Crippen LogP contribution is 2.27. The molecule has 0 radical (unpaired) electrons. The van der Waals surface area contributed by atoms with Crippen molar-refractivity contribution in [3.63, 3.8) is 0 Å². The van der Waals surface area contributed by atoms with Gasteiger partial charge in [0.15, 0.2) is 0 Å². The fourth-order valence-corrected chi connectivity index (χ4v) is 2.39. The van der Waals surface area contributed by atoms with Gasteiger partial charge < -0.3 is 14.2 Å². The summed E-state index contributed by atoms with van der Waals surface area (Å²) in [5, 5.41) is 0. The minimum atomic E-state index is -0.344. The molecule has 4 saturated heterocycles. The van der Waals surface area contributed by atoms with Gasteiger partial charge in [-0.05, 0) is 0 Å². The molecule has 0 saturated carbocycles. The van der Waals surface area contributed by atoms with E-state index in [1.807, 2.05) is 0 Å².